The second-order valence-corrected chi connectivity index (χ2v) is 2.69. The fourth-order valence-electron chi connectivity index (χ4n) is 1.19. The van der Waals surface area contributed by atoms with Gasteiger partial charge in [0, 0.05) is 5.92 Å². The third kappa shape index (κ3) is 1.71. The number of hydrogen-bond acceptors (Lipinski definition) is 1. The first-order valence-electron chi connectivity index (χ1n) is 3.86. The molecule has 0 bridgehead atoms. The Morgan fingerprint density at radius 1 is 1.60 bits per heavy atom. The van der Waals surface area contributed by atoms with E-state index in [0.29, 0.717) is 5.92 Å². The molecule has 1 aliphatic rings. The van der Waals surface area contributed by atoms with Gasteiger partial charge in [-0.1, -0.05) is 31.2 Å². The van der Waals surface area contributed by atoms with Gasteiger partial charge in [-0.15, -0.1) is 0 Å². The van der Waals surface area contributed by atoms with Crippen LogP contribution in [-0.2, 0) is 0 Å². The number of aliphatic hydroxyl groups excluding tert-OH is 1. The second kappa shape index (κ2) is 3.57. The lowest BCUT2D eigenvalue weighted by Crippen LogP contribution is -2.17. The Bertz CT molecular complexity index is 147. The van der Waals surface area contributed by atoms with Gasteiger partial charge in [-0.05, 0) is 12.8 Å². The van der Waals surface area contributed by atoms with Crippen molar-refractivity contribution < 1.29 is 5.11 Å². The molecular weight excluding hydrogens is 124 g/mol. The molecule has 10 heavy (non-hydrogen) atoms. The SMILES string of the molecule is CCC(O)C1C=CC=CC1. The highest BCUT2D eigenvalue weighted by Gasteiger charge is 2.13. The van der Waals surface area contributed by atoms with Crippen LogP contribution < -0.4 is 0 Å². The van der Waals surface area contributed by atoms with E-state index in [1.54, 1.807) is 0 Å². The zero-order valence-corrected chi connectivity index (χ0v) is 6.33. The van der Waals surface area contributed by atoms with Crippen molar-refractivity contribution >= 4 is 0 Å². The number of hydrogen-bond donors (Lipinski definition) is 1. The Kier molecular flexibility index (Phi) is 2.69. The molecule has 0 aromatic heterocycles. The zero-order chi connectivity index (χ0) is 7.40. The first kappa shape index (κ1) is 7.55. The molecule has 0 amide bonds. The van der Waals surface area contributed by atoms with Crippen LogP contribution in [0.25, 0.3) is 0 Å². The summed E-state index contributed by atoms with van der Waals surface area (Å²) in [6, 6.07) is 0. The van der Waals surface area contributed by atoms with Gasteiger partial charge in [-0.2, -0.15) is 0 Å². The Hall–Kier alpha value is -0.560. The van der Waals surface area contributed by atoms with Crippen molar-refractivity contribution in [2.75, 3.05) is 0 Å². The molecule has 0 fully saturated rings. The molecular formula is C9H14O. The molecule has 0 saturated carbocycles. The van der Waals surface area contributed by atoms with E-state index in [4.69, 9.17) is 0 Å². The minimum Gasteiger partial charge on any atom is -0.393 e. The molecule has 2 atom stereocenters. The van der Waals surface area contributed by atoms with Crippen molar-refractivity contribution in [3.05, 3.63) is 24.3 Å². The molecule has 0 saturated heterocycles. The van der Waals surface area contributed by atoms with Crippen LogP contribution >= 0.6 is 0 Å². The van der Waals surface area contributed by atoms with Crippen LogP contribution in [0.1, 0.15) is 19.8 Å². The molecule has 0 spiro atoms. The first-order chi connectivity index (χ1) is 4.84. The summed E-state index contributed by atoms with van der Waals surface area (Å²) in [6.07, 6.45) is 9.90. The van der Waals surface area contributed by atoms with E-state index in [-0.39, 0.29) is 6.10 Å². The van der Waals surface area contributed by atoms with E-state index >= 15 is 0 Å². The lowest BCUT2D eigenvalue weighted by Gasteiger charge is -2.17. The maximum absolute atomic E-state index is 9.40. The molecule has 1 aliphatic carbocycles. The molecule has 1 rings (SSSR count). The predicted octanol–water partition coefficient (Wildman–Crippen LogP) is 1.89. The summed E-state index contributed by atoms with van der Waals surface area (Å²) < 4.78 is 0. The summed E-state index contributed by atoms with van der Waals surface area (Å²) >= 11 is 0. The normalized spacial score (nSPS) is 26.8. The molecule has 0 heterocycles. The molecule has 1 N–H and O–H groups in total. The first-order valence-corrected chi connectivity index (χ1v) is 3.86. The summed E-state index contributed by atoms with van der Waals surface area (Å²) in [5, 5.41) is 9.40. The van der Waals surface area contributed by atoms with Gasteiger partial charge in [0.05, 0.1) is 6.10 Å². The number of rotatable bonds is 2. The van der Waals surface area contributed by atoms with Crippen molar-refractivity contribution in [2.24, 2.45) is 5.92 Å². The van der Waals surface area contributed by atoms with Crippen molar-refractivity contribution in [2.45, 2.75) is 25.9 Å². The fraction of sp³-hybridized carbons (Fsp3) is 0.556. The van der Waals surface area contributed by atoms with E-state index < -0.39 is 0 Å². The van der Waals surface area contributed by atoms with Gasteiger partial charge in [0.25, 0.3) is 0 Å². The lowest BCUT2D eigenvalue weighted by molar-refractivity contribution is 0.126. The summed E-state index contributed by atoms with van der Waals surface area (Å²) in [7, 11) is 0. The maximum atomic E-state index is 9.40. The largest absolute Gasteiger partial charge is 0.393 e. The molecule has 1 nitrogen and oxygen atoms in total. The van der Waals surface area contributed by atoms with Gasteiger partial charge >= 0.3 is 0 Å². The Labute approximate surface area is 62.1 Å². The summed E-state index contributed by atoms with van der Waals surface area (Å²) in [5.74, 6) is 0.356. The van der Waals surface area contributed by atoms with Crippen molar-refractivity contribution in [3.63, 3.8) is 0 Å². The van der Waals surface area contributed by atoms with Gasteiger partial charge in [0.2, 0.25) is 0 Å². The monoisotopic (exact) mass is 138 g/mol. The van der Waals surface area contributed by atoms with Crippen LogP contribution in [0.4, 0.5) is 0 Å². The van der Waals surface area contributed by atoms with Crippen LogP contribution in [0, 0.1) is 5.92 Å². The van der Waals surface area contributed by atoms with Crippen LogP contribution in [0.15, 0.2) is 24.3 Å². The van der Waals surface area contributed by atoms with Gasteiger partial charge in [0.1, 0.15) is 0 Å². The molecule has 0 aromatic carbocycles. The van der Waals surface area contributed by atoms with Crippen molar-refractivity contribution in [1.29, 1.82) is 0 Å². The summed E-state index contributed by atoms with van der Waals surface area (Å²) in [5.41, 5.74) is 0. The van der Waals surface area contributed by atoms with Crippen LogP contribution in [0.5, 0.6) is 0 Å². The minimum atomic E-state index is -0.152. The molecule has 2 unspecified atom stereocenters. The van der Waals surface area contributed by atoms with Crippen molar-refractivity contribution in [3.8, 4) is 0 Å². The molecule has 56 valence electrons. The average molecular weight is 138 g/mol. The zero-order valence-electron chi connectivity index (χ0n) is 6.33. The van der Waals surface area contributed by atoms with E-state index in [9.17, 15) is 5.11 Å². The van der Waals surface area contributed by atoms with Crippen LogP contribution in [-0.4, -0.2) is 11.2 Å². The highest BCUT2D eigenvalue weighted by Crippen LogP contribution is 2.17. The number of aliphatic hydroxyl groups is 1. The third-order valence-electron chi connectivity index (χ3n) is 1.93. The van der Waals surface area contributed by atoms with Gasteiger partial charge in [-0.25, -0.2) is 0 Å². The standard InChI is InChI=1S/C9H14O/c1-2-9(10)8-6-4-3-5-7-8/h3-6,8-10H,2,7H2,1H3. The highest BCUT2D eigenvalue weighted by molar-refractivity contribution is 5.11. The predicted molar refractivity (Wildman–Crippen MR) is 42.7 cm³/mol. The summed E-state index contributed by atoms with van der Waals surface area (Å²) in [4.78, 5) is 0. The maximum Gasteiger partial charge on any atom is 0.0603 e. The van der Waals surface area contributed by atoms with E-state index in [1.807, 2.05) is 19.1 Å². The smallest absolute Gasteiger partial charge is 0.0603 e. The lowest BCUT2D eigenvalue weighted by atomic mass is 9.93. The molecule has 1 heteroatoms. The van der Waals surface area contributed by atoms with Crippen LogP contribution in [0.2, 0.25) is 0 Å². The van der Waals surface area contributed by atoms with E-state index in [0.717, 1.165) is 12.8 Å². The Balaban J connectivity index is 2.42. The van der Waals surface area contributed by atoms with E-state index in [2.05, 4.69) is 12.2 Å². The van der Waals surface area contributed by atoms with Crippen LogP contribution in [0.3, 0.4) is 0 Å². The second-order valence-electron chi connectivity index (χ2n) is 2.69. The highest BCUT2D eigenvalue weighted by atomic mass is 16.3. The minimum absolute atomic E-state index is 0.152. The number of allylic oxidation sites excluding steroid dienone is 3. The average Bonchev–Trinajstić information content (AvgIpc) is 2.05. The molecule has 0 radical (unpaired) electrons. The molecule has 0 aromatic rings. The van der Waals surface area contributed by atoms with Gasteiger partial charge < -0.3 is 5.11 Å². The topological polar surface area (TPSA) is 20.2 Å². The quantitative estimate of drug-likeness (QED) is 0.617. The summed E-state index contributed by atoms with van der Waals surface area (Å²) in [6.45, 7) is 2.01. The Morgan fingerprint density at radius 2 is 2.40 bits per heavy atom. The van der Waals surface area contributed by atoms with Gasteiger partial charge in [-0.3, -0.25) is 0 Å². The Morgan fingerprint density at radius 3 is 2.90 bits per heavy atom. The third-order valence-corrected chi connectivity index (χ3v) is 1.93. The fourth-order valence-corrected chi connectivity index (χ4v) is 1.19. The van der Waals surface area contributed by atoms with Gasteiger partial charge in [0.15, 0.2) is 0 Å². The van der Waals surface area contributed by atoms with Crippen molar-refractivity contribution in [1.82, 2.24) is 0 Å². The van der Waals surface area contributed by atoms with E-state index in [1.165, 1.54) is 0 Å². The molecule has 0 aliphatic heterocycles.